The first-order valence-corrected chi connectivity index (χ1v) is 7.65. The summed E-state index contributed by atoms with van der Waals surface area (Å²) in [6.45, 7) is 1.36. The lowest BCUT2D eigenvalue weighted by molar-refractivity contribution is -0.137. The molecule has 0 spiro atoms. The lowest BCUT2D eigenvalue weighted by Gasteiger charge is -2.14. The van der Waals surface area contributed by atoms with Crippen LogP contribution in [0, 0.1) is 6.92 Å². The molecule has 2 rings (SSSR count). The average molecular weight is 402 g/mol. The van der Waals surface area contributed by atoms with E-state index >= 15 is 0 Å². The van der Waals surface area contributed by atoms with Crippen LogP contribution >= 0.6 is 0 Å². The first kappa shape index (κ1) is 21.2. The number of aryl methyl sites for hydroxylation is 1. The summed E-state index contributed by atoms with van der Waals surface area (Å²) in [6.07, 6.45) is -9.73. The molecule has 0 aliphatic carbocycles. The number of allylic oxidation sites excluding steroid dienone is 2. The van der Waals surface area contributed by atoms with Crippen LogP contribution in [0.5, 0.6) is 0 Å². The van der Waals surface area contributed by atoms with Crippen molar-refractivity contribution < 1.29 is 41.0 Å². The zero-order chi connectivity index (χ0) is 21.3. The maximum absolute atomic E-state index is 13.4. The van der Waals surface area contributed by atoms with Crippen molar-refractivity contribution in [2.45, 2.75) is 19.3 Å². The van der Waals surface area contributed by atoms with Crippen LogP contribution in [0.25, 0.3) is 5.57 Å². The van der Waals surface area contributed by atoms with Crippen LogP contribution in [-0.4, -0.2) is 23.0 Å². The molecular weight excluding hydrogens is 390 g/mol. The Morgan fingerprint density at radius 2 is 1.57 bits per heavy atom. The number of benzene rings is 2. The molecule has 28 heavy (non-hydrogen) atoms. The molecule has 2 aromatic carbocycles. The molecule has 0 bridgehead atoms. The van der Waals surface area contributed by atoms with Crippen LogP contribution in [0.3, 0.4) is 0 Å². The van der Waals surface area contributed by atoms with E-state index in [4.69, 9.17) is 5.11 Å². The van der Waals surface area contributed by atoms with E-state index in [-0.39, 0.29) is 22.8 Å². The zero-order valence-electron chi connectivity index (χ0n) is 14.2. The number of halogens is 6. The minimum absolute atomic E-state index is 0.130. The number of carboxylic acids is 1. The van der Waals surface area contributed by atoms with Gasteiger partial charge in [0.25, 0.3) is 0 Å². The normalized spacial score (nSPS) is 12.8. The second-order valence-corrected chi connectivity index (χ2v) is 5.83. The Morgan fingerprint density at radius 3 is 2.07 bits per heavy atom. The topological polar surface area (TPSA) is 54.4 Å². The second kappa shape index (κ2) is 7.49. The first-order chi connectivity index (χ1) is 12.8. The molecule has 0 unspecified atom stereocenters. The van der Waals surface area contributed by atoms with Crippen LogP contribution in [-0.2, 0) is 6.18 Å². The van der Waals surface area contributed by atoms with Crippen molar-refractivity contribution in [3.63, 3.8) is 0 Å². The molecule has 0 atom stereocenters. The van der Waals surface area contributed by atoms with Crippen LogP contribution in [0.1, 0.15) is 37.4 Å². The van der Waals surface area contributed by atoms with Gasteiger partial charge in [0.1, 0.15) is 0 Å². The predicted octanol–water partition coefficient (Wildman–Crippen LogP) is 5.54. The number of carboxylic acid groups (broad SMARTS) is 1. The van der Waals surface area contributed by atoms with Gasteiger partial charge in [-0.15, -0.1) is 0 Å². The summed E-state index contributed by atoms with van der Waals surface area (Å²) in [4.78, 5) is 23.2. The van der Waals surface area contributed by atoms with Gasteiger partial charge in [0.2, 0.25) is 0 Å². The number of ketones is 1. The van der Waals surface area contributed by atoms with Gasteiger partial charge >= 0.3 is 18.3 Å². The molecule has 2 aromatic rings. The molecule has 0 heterocycles. The third kappa shape index (κ3) is 4.79. The Morgan fingerprint density at radius 1 is 0.929 bits per heavy atom. The molecule has 0 saturated heterocycles. The largest absolute Gasteiger partial charge is 0.478 e. The highest BCUT2D eigenvalue weighted by molar-refractivity contribution is 6.09. The van der Waals surface area contributed by atoms with Crippen molar-refractivity contribution in [3.05, 3.63) is 76.4 Å². The van der Waals surface area contributed by atoms with Gasteiger partial charge in [-0.2, -0.15) is 26.3 Å². The highest BCUT2D eigenvalue weighted by Gasteiger charge is 2.37. The first-order valence-electron chi connectivity index (χ1n) is 7.65. The van der Waals surface area contributed by atoms with Crippen molar-refractivity contribution in [2.24, 2.45) is 0 Å². The minimum Gasteiger partial charge on any atom is -0.478 e. The number of rotatable bonds is 4. The number of carbonyl (C=O) groups is 2. The Balaban J connectivity index is 2.53. The molecule has 0 fully saturated rings. The summed E-state index contributed by atoms with van der Waals surface area (Å²) < 4.78 is 78.5. The van der Waals surface area contributed by atoms with Crippen LogP contribution < -0.4 is 0 Å². The molecular formula is C19H12F6O3. The fraction of sp³-hybridized carbons (Fsp3) is 0.158. The zero-order valence-corrected chi connectivity index (χ0v) is 14.2. The maximum atomic E-state index is 13.4. The Bertz CT molecular complexity index is 955. The third-order valence-corrected chi connectivity index (χ3v) is 3.82. The van der Waals surface area contributed by atoms with Gasteiger partial charge in [-0.3, -0.25) is 4.79 Å². The quantitative estimate of drug-likeness (QED) is 0.415. The summed E-state index contributed by atoms with van der Waals surface area (Å²) >= 11 is 0. The van der Waals surface area contributed by atoms with Gasteiger partial charge in [0.05, 0.1) is 16.7 Å². The van der Waals surface area contributed by atoms with Gasteiger partial charge in [0.15, 0.2) is 5.78 Å². The van der Waals surface area contributed by atoms with Gasteiger partial charge in [-0.25, -0.2) is 4.79 Å². The fourth-order valence-electron chi connectivity index (χ4n) is 2.46. The number of alkyl halides is 6. The molecule has 0 aliphatic heterocycles. The molecule has 9 heteroatoms. The Kier molecular flexibility index (Phi) is 5.67. The standard InChI is InChI=1S/C19H12F6O3/c1-10-7-12(5-6-14(10)17(27)28)16(26)9-15(19(23,24)25)11-3-2-4-13(8-11)18(20,21)22/h2-9H,1H3,(H,27,28). The fourth-order valence-corrected chi connectivity index (χ4v) is 2.46. The molecule has 3 nitrogen and oxygen atoms in total. The Labute approximate surface area is 154 Å². The van der Waals surface area contributed by atoms with E-state index in [9.17, 15) is 35.9 Å². The van der Waals surface area contributed by atoms with E-state index in [0.717, 1.165) is 30.3 Å². The lowest BCUT2D eigenvalue weighted by atomic mass is 9.98. The van der Waals surface area contributed by atoms with E-state index in [2.05, 4.69) is 0 Å². The summed E-state index contributed by atoms with van der Waals surface area (Å²) in [5.41, 5.74) is -3.84. The van der Waals surface area contributed by atoms with Crippen molar-refractivity contribution in [1.29, 1.82) is 0 Å². The summed E-state index contributed by atoms with van der Waals surface area (Å²) in [5, 5.41) is 8.95. The van der Waals surface area contributed by atoms with E-state index in [1.807, 2.05) is 0 Å². The highest BCUT2D eigenvalue weighted by atomic mass is 19.4. The van der Waals surface area contributed by atoms with Crippen molar-refractivity contribution in [1.82, 2.24) is 0 Å². The Hall–Kier alpha value is -3.10. The molecule has 0 aromatic heterocycles. The molecule has 0 saturated carbocycles. The lowest BCUT2D eigenvalue weighted by Crippen LogP contribution is -2.14. The third-order valence-electron chi connectivity index (χ3n) is 3.82. The molecule has 0 amide bonds. The monoisotopic (exact) mass is 402 g/mol. The van der Waals surface area contributed by atoms with Crippen LogP contribution in [0.2, 0.25) is 0 Å². The number of hydrogen-bond acceptors (Lipinski definition) is 2. The number of hydrogen-bond donors (Lipinski definition) is 1. The summed E-state index contributed by atoms with van der Waals surface area (Å²) in [7, 11) is 0. The second-order valence-electron chi connectivity index (χ2n) is 5.83. The maximum Gasteiger partial charge on any atom is 0.417 e. The SMILES string of the molecule is Cc1cc(C(=O)C=C(c2cccc(C(F)(F)F)c2)C(F)(F)F)ccc1C(=O)O. The average Bonchev–Trinajstić information content (AvgIpc) is 2.57. The van der Waals surface area contributed by atoms with Gasteiger partial charge < -0.3 is 5.11 Å². The minimum atomic E-state index is -5.09. The van der Waals surface area contributed by atoms with Crippen molar-refractivity contribution in [2.75, 3.05) is 0 Å². The molecule has 148 valence electrons. The highest BCUT2D eigenvalue weighted by Crippen LogP contribution is 2.37. The van der Waals surface area contributed by atoms with Gasteiger partial charge in [0, 0.05) is 5.56 Å². The van der Waals surface area contributed by atoms with Gasteiger partial charge in [-0.1, -0.05) is 18.2 Å². The molecule has 0 aliphatic rings. The van der Waals surface area contributed by atoms with E-state index < -0.39 is 40.8 Å². The van der Waals surface area contributed by atoms with E-state index in [1.165, 1.54) is 6.92 Å². The van der Waals surface area contributed by atoms with Crippen molar-refractivity contribution >= 4 is 17.3 Å². The van der Waals surface area contributed by atoms with Crippen LogP contribution in [0.15, 0.2) is 48.5 Å². The smallest absolute Gasteiger partial charge is 0.417 e. The van der Waals surface area contributed by atoms with Crippen molar-refractivity contribution in [3.8, 4) is 0 Å². The van der Waals surface area contributed by atoms with E-state index in [1.54, 1.807) is 0 Å². The van der Waals surface area contributed by atoms with Crippen LogP contribution in [0.4, 0.5) is 26.3 Å². The predicted molar refractivity (Wildman–Crippen MR) is 87.9 cm³/mol. The van der Waals surface area contributed by atoms with Gasteiger partial charge in [-0.05, 0) is 48.4 Å². The van der Waals surface area contributed by atoms with E-state index in [0.29, 0.717) is 12.1 Å². The summed E-state index contributed by atoms with van der Waals surface area (Å²) in [6, 6.07) is 5.77. The number of carbonyl (C=O) groups excluding carboxylic acids is 1. The summed E-state index contributed by atoms with van der Waals surface area (Å²) in [5.74, 6) is -2.39. The molecule has 0 radical (unpaired) electrons. The molecule has 1 N–H and O–H groups in total. The number of aromatic carboxylic acids is 1.